The molecule has 0 radical (unpaired) electrons. The summed E-state index contributed by atoms with van der Waals surface area (Å²) >= 11 is 2.97. The maximum Gasteiger partial charge on any atom is 0.295 e. The van der Waals surface area contributed by atoms with Crippen LogP contribution in [0.2, 0.25) is 0 Å². The van der Waals surface area contributed by atoms with Crippen LogP contribution in [-0.2, 0) is 4.74 Å². The van der Waals surface area contributed by atoms with Gasteiger partial charge in [0.1, 0.15) is 11.5 Å². The first-order valence-electron chi connectivity index (χ1n) is 5.85. The van der Waals surface area contributed by atoms with E-state index >= 15 is 0 Å². The highest BCUT2D eigenvalue weighted by molar-refractivity contribution is 9.10. The molecule has 0 aromatic heterocycles. The Morgan fingerprint density at radius 1 is 1.60 bits per heavy atom. The second-order valence-corrected chi connectivity index (χ2v) is 5.49. The molecule has 6 nitrogen and oxygen atoms in total. The normalized spacial score (nSPS) is 13.8. The molecule has 0 aliphatic rings. The Balaban J connectivity index is 2.86. The van der Waals surface area contributed by atoms with Gasteiger partial charge < -0.3 is 15.2 Å². The number of halogens is 2. The van der Waals surface area contributed by atoms with E-state index in [-0.39, 0.29) is 22.4 Å². The van der Waals surface area contributed by atoms with Gasteiger partial charge in [-0.1, -0.05) is 0 Å². The van der Waals surface area contributed by atoms with Crippen molar-refractivity contribution in [1.82, 2.24) is 0 Å². The van der Waals surface area contributed by atoms with Crippen LogP contribution in [0.5, 0.6) is 0 Å². The number of methoxy groups -OCH3 is 1. The lowest BCUT2D eigenvalue weighted by Gasteiger charge is -2.23. The summed E-state index contributed by atoms with van der Waals surface area (Å²) in [7, 11) is 1.52. The summed E-state index contributed by atoms with van der Waals surface area (Å²) < 4.78 is 18.3. The van der Waals surface area contributed by atoms with Gasteiger partial charge in [0.15, 0.2) is 0 Å². The van der Waals surface area contributed by atoms with Crippen LogP contribution in [0.15, 0.2) is 16.6 Å². The Kier molecular flexibility index (Phi) is 5.85. The van der Waals surface area contributed by atoms with Gasteiger partial charge in [-0.05, 0) is 28.9 Å². The average molecular weight is 351 g/mol. The van der Waals surface area contributed by atoms with Gasteiger partial charge in [0.05, 0.1) is 21.1 Å². The van der Waals surface area contributed by atoms with Gasteiger partial charge in [0.2, 0.25) is 0 Å². The molecule has 0 heterocycles. The predicted molar refractivity (Wildman–Crippen MR) is 76.4 cm³/mol. The van der Waals surface area contributed by atoms with Crippen LogP contribution >= 0.6 is 15.9 Å². The molecule has 1 rings (SSSR count). The van der Waals surface area contributed by atoms with Crippen LogP contribution in [0, 0.1) is 15.9 Å². The Labute approximate surface area is 124 Å². The molecule has 8 heteroatoms. The van der Waals surface area contributed by atoms with E-state index < -0.39 is 16.3 Å². The van der Waals surface area contributed by atoms with Crippen LogP contribution in [-0.4, -0.2) is 35.9 Å². The lowest BCUT2D eigenvalue weighted by Crippen LogP contribution is -2.34. The molecule has 0 aliphatic carbocycles. The molecule has 0 saturated heterocycles. The molecule has 1 atom stereocenters. The van der Waals surface area contributed by atoms with Gasteiger partial charge in [0.25, 0.3) is 5.69 Å². The molecule has 1 unspecified atom stereocenters. The number of nitrogens with one attached hydrogen (secondary N) is 1. The van der Waals surface area contributed by atoms with Crippen molar-refractivity contribution in [2.75, 3.05) is 25.6 Å². The van der Waals surface area contributed by atoms with Crippen molar-refractivity contribution in [2.24, 2.45) is 0 Å². The third kappa shape index (κ3) is 4.69. The van der Waals surface area contributed by atoms with Crippen LogP contribution in [0.1, 0.15) is 13.3 Å². The highest BCUT2D eigenvalue weighted by Gasteiger charge is 2.23. The average Bonchev–Trinajstić information content (AvgIpc) is 2.37. The quantitative estimate of drug-likeness (QED) is 0.583. The monoisotopic (exact) mass is 350 g/mol. The maximum absolute atomic E-state index is 13.3. The number of ether oxygens (including phenoxy) is 1. The second-order valence-electron chi connectivity index (χ2n) is 4.63. The number of rotatable bonds is 7. The molecular weight excluding hydrogens is 335 g/mol. The number of hydrogen-bond donors (Lipinski definition) is 2. The third-order valence-corrected chi connectivity index (χ3v) is 3.35. The molecule has 20 heavy (non-hydrogen) atoms. The molecule has 0 bridgehead atoms. The number of nitro benzene ring substituents is 1. The smallest absolute Gasteiger partial charge is 0.295 e. The van der Waals surface area contributed by atoms with E-state index in [9.17, 15) is 19.6 Å². The van der Waals surface area contributed by atoms with E-state index in [0.29, 0.717) is 13.0 Å². The van der Waals surface area contributed by atoms with E-state index in [1.807, 2.05) is 0 Å². The van der Waals surface area contributed by atoms with Crippen molar-refractivity contribution in [3.8, 4) is 0 Å². The van der Waals surface area contributed by atoms with E-state index in [2.05, 4.69) is 21.2 Å². The van der Waals surface area contributed by atoms with E-state index in [1.54, 1.807) is 6.92 Å². The van der Waals surface area contributed by atoms with E-state index in [0.717, 1.165) is 6.07 Å². The van der Waals surface area contributed by atoms with E-state index in [1.165, 1.54) is 13.2 Å². The van der Waals surface area contributed by atoms with Crippen LogP contribution < -0.4 is 5.32 Å². The van der Waals surface area contributed by atoms with Crippen molar-refractivity contribution >= 4 is 27.3 Å². The molecule has 0 aliphatic heterocycles. The van der Waals surface area contributed by atoms with Crippen LogP contribution in [0.3, 0.4) is 0 Å². The lowest BCUT2D eigenvalue weighted by atomic mass is 10.0. The van der Waals surface area contributed by atoms with Gasteiger partial charge in [0, 0.05) is 26.7 Å². The molecule has 0 spiro atoms. The molecular formula is C12H16BrFN2O4. The van der Waals surface area contributed by atoms with Gasteiger partial charge in [-0.15, -0.1) is 0 Å². The lowest BCUT2D eigenvalue weighted by molar-refractivity contribution is -0.384. The first kappa shape index (κ1) is 16.8. The Morgan fingerprint density at radius 2 is 2.25 bits per heavy atom. The number of anilines is 1. The van der Waals surface area contributed by atoms with Crippen molar-refractivity contribution in [3.05, 3.63) is 32.5 Å². The summed E-state index contributed by atoms with van der Waals surface area (Å²) in [5.74, 6) is -0.714. The van der Waals surface area contributed by atoms with Gasteiger partial charge in [-0.3, -0.25) is 10.1 Å². The molecule has 1 aromatic carbocycles. The third-order valence-electron chi connectivity index (χ3n) is 2.74. The zero-order chi connectivity index (χ0) is 15.3. The second kappa shape index (κ2) is 6.96. The molecule has 1 aromatic rings. The minimum absolute atomic E-state index is 0.0786. The van der Waals surface area contributed by atoms with Crippen molar-refractivity contribution in [2.45, 2.75) is 18.9 Å². The number of nitrogens with zero attached hydrogens (tertiary/aromatic N) is 1. The minimum Gasteiger partial charge on any atom is -0.388 e. The minimum atomic E-state index is -1.09. The fourth-order valence-corrected chi connectivity index (χ4v) is 1.87. The highest BCUT2D eigenvalue weighted by Crippen LogP contribution is 2.31. The molecule has 0 fully saturated rings. The first-order valence-corrected chi connectivity index (χ1v) is 6.65. The number of aliphatic hydroxyl groups is 1. The summed E-state index contributed by atoms with van der Waals surface area (Å²) in [6.07, 6.45) is 0.368. The Morgan fingerprint density at radius 3 is 2.80 bits per heavy atom. The maximum atomic E-state index is 13.3. The summed E-state index contributed by atoms with van der Waals surface area (Å²) in [4.78, 5) is 10.2. The first-order chi connectivity index (χ1) is 9.26. The number of nitro groups is 1. The zero-order valence-electron chi connectivity index (χ0n) is 11.2. The number of benzene rings is 1. The summed E-state index contributed by atoms with van der Waals surface area (Å²) in [5, 5.41) is 23.7. The van der Waals surface area contributed by atoms with Gasteiger partial charge in [-0.25, -0.2) is 4.39 Å². The Bertz CT molecular complexity index is 497. The Hall–Kier alpha value is -1.25. The molecule has 112 valence electrons. The van der Waals surface area contributed by atoms with Crippen molar-refractivity contribution < 1.29 is 19.2 Å². The van der Waals surface area contributed by atoms with Crippen molar-refractivity contribution in [3.63, 3.8) is 0 Å². The predicted octanol–water partition coefficient (Wildman–Crippen LogP) is 2.70. The van der Waals surface area contributed by atoms with Gasteiger partial charge >= 0.3 is 0 Å². The highest BCUT2D eigenvalue weighted by atomic mass is 79.9. The molecule has 0 amide bonds. The van der Waals surface area contributed by atoms with Crippen molar-refractivity contribution in [1.29, 1.82) is 0 Å². The van der Waals surface area contributed by atoms with Gasteiger partial charge in [-0.2, -0.15) is 0 Å². The topological polar surface area (TPSA) is 84.6 Å². The molecule has 2 N–H and O–H groups in total. The summed E-state index contributed by atoms with van der Waals surface area (Å²) in [6, 6.07) is 2.11. The number of hydrogen-bond acceptors (Lipinski definition) is 5. The largest absolute Gasteiger partial charge is 0.388 e. The standard InChI is InChI=1S/C12H16BrFN2O4/c1-12(17,3-4-20-2)7-15-10-5-8(13)9(14)6-11(10)16(18)19/h5-6,15,17H,3-4,7H2,1-2H3. The summed E-state index contributed by atoms with van der Waals surface area (Å²) in [6.45, 7) is 2.03. The summed E-state index contributed by atoms with van der Waals surface area (Å²) in [5.41, 5.74) is -1.33. The molecule has 0 saturated carbocycles. The fourth-order valence-electron chi connectivity index (χ4n) is 1.52. The van der Waals surface area contributed by atoms with Crippen LogP contribution in [0.4, 0.5) is 15.8 Å². The van der Waals surface area contributed by atoms with E-state index in [4.69, 9.17) is 4.74 Å². The zero-order valence-corrected chi connectivity index (χ0v) is 12.7. The SMILES string of the molecule is COCCC(C)(O)CNc1cc(Br)c(F)cc1[N+](=O)[O-]. The van der Waals surface area contributed by atoms with Crippen LogP contribution in [0.25, 0.3) is 0 Å². The fraction of sp³-hybridized carbons (Fsp3) is 0.500.